The molecule has 1 atom stereocenters. The molecule has 0 aromatic heterocycles. The van der Waals surface area contributed by atoms with Crippen molar-refractivity contribution in [3.05, 3.63) is 0 Å². The van der Waals surface area contributed by atoms with Crippen LogP contribution >= 0.6 is 0 Å². The van der Waals surface area contributed by atoms with Crippen molar-refractivity contribution in [1.29, 1.82) is 0 Å². The minimum atomic E-state index is -1.01. The Bertz CT molecular complexity index is 44.9. The number of carbonyl (C=O) groups is 1. The Morgan fingerprint density at radius 1 is 2.00 bits per heavy atom. The van der Waals surface area contributed by atoms with Crippen molar-refractivity contribution in [2.24, 2.45) is 0 Å². The first-order valence-electron chi connectivity index (χ1n) is 0.836. The van der Waals surface area contributed by atoms with Crippen molar-refractivity contribution in [2.45, 2.75) is 0 Å². The van der Waals surface area contributed by atoms with Crippen LogP contribution in [0, 0.1) is 0 Å². The van der Waals surface area contributed by atoms with Gasteiger partial charge in [-0.1, -0.05) is 0 Å². The van der Waals surface area contributed by atoms with Crippen molar-refractivity contribution in [1.82, 2.24) is 0 Å². The molecule has 0 radical (unpaired) electrons. The van der Waals surface area contributed by atoms with Gasteiger partial charge in [-0.2, -0.15) is 0 Å². The van der Waals surface area contributed by atoms with Crippen LogP contribution in [0.3, 0.4) is 0 Å². The summed E-state index contributed by atoms with van der Waals surface area (Å²) in [5.74, 6) is 0. The van der Waals surface area contributed by atoms with Gasteiger partial charge in [0.1, 0.15) is 0 Å². The molecule has 0 fully saturated rings. The molecule has 0 spiro atoms. The van der Waals surface area contributed by atoms with Gasteiger partial charge in [0.25, 0.3) is 0 Å². The third-order valence-electron chi connectivity index (χ3n) is 0.0676. The first kappa shape index (κ1) is 5.52. The van der Waals surface area contributed by atoms with Crippen molar-refractivity contribution in [2.75, 3.05) is 0 Å². The van der Waals surface area contributed by atoms with E-state index in [1.54, 1.807) is 0 Å². The Morgan fingerprint density at radius 2 is 2.20 bits per heavy atom. The van der Waals surface area contributed by atoms with Crippen LogP contribution in [0.1, 0.15) is 0 Å². The van der Waals surface area contributed by atoms with Crippen LogP contribution in [0.4, 0.5) is 4.79 Å². The average Bonchev–Trinajstić information content (AvgIpc) is 1.38. The summed E-state index contributed by atoms with van der Waals surface area (Å²) in [7, 11) is 0. The molecular formula is CH2AsNiO2. The van der Waals surface area contributed by atoms with Crippen molar-refractivity contribution < 1.29 is 23.4 Å². The van der Waals surface area contributed by atoms with E-state index in [-0.39, 0.29) is 0 Å². The molecule has 1 N–H and O–H groups in total. The third kappa shape index (κ3) is 4.52. The van der Waals surface area contributed by atoms with Crippen LogP contribution in [0.15, 0.2) is 0 Å². The van der Waals surface area contributed by atoms with Gasteiger partial charge in [0.15, 0.2) is 0 Å². The van der Waals surface area contributed by atoms with E-state index in [2.05, 4.69) is 13.5 Å². The zero-order valence-corrected chi connectivity index (χ0v) is 5.26. The molecule has 0 rings (SSSR count). The molecule has 0 heterocycles. The number of rotatable bonds is 1. The van der Waals surface area contributed by atoms with E-state index in [0.717, 1.165) is 0 Å². The number of carboxylic acid groups (broad SMARTS) is 1. The van der Waals surface area contributed by atoms with Crippen molar-refractivity contribution in [3.63, 3.8) is 0 Å². The van der Waals surface area contributed by atoms with Gasteiger partial charge in [-0.15, -0.1) is 0 Å². The fraction of sp³-hybridized carbons (Fsp3) is 0. The van der Waals surface area contributed by atoms with Gasteiger partial charge in [0.2, 0.25) is 0 Å². The van der Waals surface area contributed by atoms with E-state index < -0.39 is 18.7 Å². The Hall–Kier alpha value is 0.522. The topological polar surface area (TPSA) is 37.3 Å². The second-order valence-corrected chi connectivity index (χ2v) is 2.90. The van der Waals surface area contributed by atoms with Gasteiger partial charge in [-0.05, 0) is 0 Å². The second-order valence-electron chi connectivity index (χ2n) is 0.384. The zero-order chi connectivity index (χ0) is 4.28. The summed E-state index contributed by atoms with van der Waals surface area (Å²) < 4.78 is -0.787. The molecule has 0 aromatic carbocycles. The first-order chi connectivity index (χ1) is 2.27. The molecule has 0 aliphatic carbocycles. The fourth-order valence-corrected chi connectivity index (χ4v) is 0. The molecule has 2 nitrogen and oxygen atoms in total. The molecule has 0 saturated carbocycles. The summed E-state index contributed by atoms with van der Waals surface area (Å²) in [5.41, 5.74) is 0. The van der Waals surface area contributed by atoms with Crippen LogP contribution in [-0.2, 0) is 13.5 Å². The predicted octanol–water partition coefficient (Wildman–Crippen LogP) is -0.437. The van der Waals surface area contributed by atoms with E-state index in [4.69, 9.17) is 5.11 Å². The van der Waals surface area contributed by atoms with Gasteiger partial charge in [0, 0.05) is 0 Å². The van der Waals surface area contributed by atoms with E-state index in [1.807, 2.05) is 0 Å². The first-order valence-corrected chi connectivity index (χ1v) is 5.11. The summed E-state index contributed by atoms with van der Waals surface area (Å²) in [6.07, 6.45) is 0. The standard InChI is InChI=1S/CH2AsO2.Ni/c2-1(3)4;/h2H,(H,3,4);/q-1;+1. The molecule has 0 saturated heterocycles. The summed E-state index contributed by atoms with van der Waals surface area (Å²) in [5, 5.41) is 7.68. The average molecular weight is 180 g/mol. The molecule has 4 heteroatoms. The molecule has 0 aliphatic heterocycles. The molecule has 0 aliphatic rings. The number of hydrogen-bond acceptors (Lipinski definition) is 1. The quantitative estimate of drug-likeness (QED) is 0.555. The molecule has 0 bridgehead atoms. The molecule has 5 heavy (non-hydrogen) atoms. The normalized spacial score (nSPS) is 10.0. The van der Waals surface area contributed by atoms with Gasteiger partial charge in [0.05, 0.1) is 0 Å². The fourth-order valence-electron chi connectivity index (χ4n) is 0. The maximum atomic E-state index is 9.33. The molecule has 33 valence electrons. The number of hydrogen-bond donors (Lipinski definition) is 1. The summed E-state index contributed by atoms with van der Waals surface area (Å²) in [6.45, 7) is 0. The van der Waals surface area contributed by atoms with Crippen LogP contribution in [0.5, 0.6) is 0 Å². The third-order valence-corrected chi connectivity index (χ3v) is 1.45. The Labute approximate surface area is 42.5 Å². The summed E-state index contributed by atoms with van der Waals surface area (Å²) >= 11 is 2.94. The SMILES string of the molecule is O=C(O)[AsH][Ni]. The van der Waals surface area contributed by atoms with Crippen LogP contribution in [0.25, 0.3) is 0 Å². The van der Waals surface area contributed by atoms with Crippen LogP contribution in [0.2, 0.25) is 0 Å². The van der Waals surface area contributed by atoms with E-state index in [9.17, 15) is 4.79 Å². The second kappa shape index (κ2) is 2.74. The Kier molecular flexibility index (Phi) is 3.03. The monoisotopic (exact) mass is 179 g/mol. The molecule has 1 unspecified atom stereocenters. The van der Waals surface area contributed by atoms with Crippen molar-refractivity contribution >= 4 is 18.7 Å². The zero-order valence-electron chi connectivity index (χ0n) is 2.17. The van der Waals surface area contributed by atoms with Crippen molar-refractivity contribution in [3.8, 4) is 0 Å². The predicted molar refractivity (Wildman–Crippen MR) is 15.2 cm³/mol. The Balaban J connectivity index is 2.85. The van der Waals surface area contributed by atoms with E-state index in [0.29, 0.717) is 0 Å². The van der Waals surface area contributed by atoms with Gasteiger partial charge < -0.3 is 0 Å². The maximum absolute atomic E-state index is 9.33. The molecule has 0 aromatic rings. The van der Waals surface area contributed by atoms with E-state index >= 15 is 0 Å². The summed E-state index contributed by atoms with van der Waals surface area (Å²) in [4.78, 5) is 9.33. The molecular weight excluding hydrogens is 178 g/mol. The van der Waals surface area contributed by atoms with Gasteiger partial charge in [-0.25, -0.2) is 0 Å². The minimum absolute atomic E-state index is 0.787. The van der Waals surface area contributed by atoms with Gasteiger partial charge >= 0.3 is 42.1 Å². The van der Waals surface area contributed by atoms with Gasteiger partial charge in [-0.3, -0.25) is 0 Å². The van der Waals surface area contributed by atoms with Crippen LogP contribution in [-0.4, -0.2) is 23.9 Å². The molecule has 0 amide bonds. The Morgan fingerprint density at radius 3 is 2.20 bits per heavy atom. The van der Waals surface area contributed by atoms with E-state index in [1.165, 1.54) is 0 Å². The summed E-state index contributed by atoms with van der Waals surface area (Å²) in [6, 6.07) is 0. The van der Waals surface area contributed by atoms with Crippen LogP contribution < -0.4 is 0 Å².